The summed E-state index contributed by atoms with van der Waals surface area (Å²) in [6, 6.07) is 12.1. The second-order valence-electron chi connectivity index (χ2n) is 3.59. The predicted octanol–water partition coefficient (Wildman–Crippen LogP) is 2.78. The van der Waals surface area contributed by atoms with E-state index in [0.717, 1.165) is 5.69 Å². The van der Waals surface area contributed by atoms with Gasteiger partial charge in [0.15, 0.2) is 0 Å². The van der Waals surface area contributed by atoms with Gasteiger partial charge < -0.3 is 10.6 Å². The lowest BCUT2D eigenvalue weighted by Gasteiger charge is -2.07. The molecule has 0 radical (unpaired) electrons. The van der Waals surface area contributed by atoms with Gasteiger partial charge in [0.05, 0.1) is 17.1 Å². The first kappa shape index (κ1) is 11.8. The highest BCUT2D eigenvalue weighted by Crippen LogP contribution is 2.22. The van der Waals surface area contributed by atoms with Crippen LogP contribution < -0.4 is 10.6 Å². The van der Waals surface area contributed by atoms with Crippen molar-refractivity contribution < 1.29 is 4.92 Å². The zero-order valence-corrected chi connectivity index (χ0v) is 9.75. The van der Waals surface area contributed by atoms with Crippen LogP contribution in [0.4, 0.5) is 23.0 Å². The Hall–Kier alpha value is -2.63. The number of hydrogen-bond donors (Lipinski definition) is 2. The van der Waals surface area contributed by atoms with E-state index in [-0.39, 0.29) is 5.69 Å². The average molecular weight is 244 g/mol. The van der Waals surface area contributed by atoms with Gasteiger partial charge in [-0.05, 0) is 12.1 Å². The molecule has 0 bridgehead atoms. The smallest absolute Gasteiger partial charge is 0.276 e. The number of rotatable bonds is 4. The maximum Gasteiger partial charge on any atom is 0.276 e. The second-order valence-corrected chi connectivity index (χ2v) is 3.59. The zero-order chi connectivity index (χ0) is 13.0. The van der Waals surface area contributed by atoms with E-state index >= 15 is 0 Å². The van der Waals surface area contributed by atoms with Gasteiger partial charge in [-0.15, -0.1) is 0 Å². The van der Waals surface area contributed by atoms with Crippen molar-refractivity contribution in [2.24, 2.45) is 0 Å². The molecule has 92 valence electrons. The molecule has 1 heterocycles. The molecule has 2 aromatic rings. The molecule has 0 aliphatic carbocycles. The highest BCUT2D eigenvalue weighted by Gasteiger charge is 2.10. The minimum absolute atomic E-state index is 0.00668. The zero-order valence-electron chi connectivity index (χ0n) is 9.75. The molecule has 0 fully saturated rings. The summed E-state index contributed by atoms with van der Waals surface area (Å²) in [7, 11) is 1.67. The molecule has 2 rings (SSSR count). The summed E-state index contributed by atoms with van der Waals surface area (Å²) in [5.74, 6) is 0.877. The van der Waals surface area contributed by atoms with Crippen molar-refractivity contribution in [3.8, 4) is 0 Å². The summed E-state index contributed by atoms with van der Waals surface area (Å²) in [5, 5.41) is 16.6. The number of hydrogen-bond acceptors (Lipinski definition) is 5. The van der Waals surface area contributed by atoms with Crippen LogP contribution in [0, 0.1) is 10.1 Å². The quantitative estimate of drug-likeness (QED) is 0.638. The van der Waals surface area contributed by atoms with Crippen molar-refractivity contribution in [1.29, 1.82) is 0 Å². The van der Waals surface area contributed by atoms with Gasteiger partial charge in [0.1, 0.15) is 11.6 Å². The molecule has 2 N–H and O–H groups in total. The predicted molar refractivity (Wildman–Crippen MR) is 70.2 cm³/mol. The van der Waals surface area contributed by atoms with Crippen molar-refractivity contribution >= 4 is 23.0 Å². The Labute approximate surface area is 104 Å². The monoisotopic (exact) mass is 244 g/mol. The fraction of sp³-hybridized carbons (Fsp3) is 0.0833. The fourth-order valence-electron chi connectivity index (χ4n) is 1.48. The normalized spacial score (nSPS) is 9.83. The number of benzene rings is 1. The van der Waals surface area contributed by atoms with Crippen LogP contribution in [0.2, 0.25) is 0 Å². The van der Waals surface area contributed by atoms with Crippen molar-refractivity contribution in [1.82, 2.24) is 4.98 Å². The molecule has 18 heavy (non-hydrogen) atoms. The molecule has 0 spiro atoms. The summed E-state index contributed by atoms with van der Waals surface area (Å²) in [6.07, 6.45) is 0. The van der Waals surface area contributed by atoms with Crippen LogP contribution in [-0.2, 0) is 0 Å². The number of pyridine rings is 1. The summed E-state index contributed by atoms with van der Waals surface area (Å²) < 4.78 is 0. The van der Waals surface area contributed by atoms with Gasteiger partial charge in [-0.1, -0.05) is 18.2 Å². The van der Waals surface area contributed by atoms with Crippen molar-refractivity contribution in [2.75, 3.05) is 17.7 Å². The summed E-state index contributed by atoms with van der Waals surface area (Å²) in [5.41, 5.74) is 0.820. The minimum Gasteiger partial charge on any atom is -0.373 e. The number of para-hydroxylation sites is 1. The van der Waals surface area contributed by atoms with Crippen LogP contribution in [0.5, 0.6) is 0 Å². The number of nitro groups is 1. The third-order valence-electron chi connectivity index (χ3n) is 2.32. The van der Waals surface area contributed by atoms with Gasteiger partial charge in [0, 0.05) is 12.7 Å². The van der Waals surface area contributed by atoms with Crippen LogP contribution in [0.15, 0.2) is 42.5 Å². The second kappa shape index (κ2) is 5.13. The van der Waals surface area contributed by atoms with Gasteiger partial charge in [0.2, 0.25) is 0 Å². The largest absolute Gasteiger partial charge is 0.373 e. The van der Waals surface area contributed by atoms with E-state index in [9.17, 15) is 10.1 Å². The molecular weight excluding hydrogens is 232 g/mol. The van der Waals surface area contributed by atoms with Crippen LogP contribution in [0.1, 0.15) is 0 Å². The van der Waals surface area contributed by atoms with E-state index in [2.05, 4.69) is 15.6 Å². The lowest BCUT2D eigenvalue weighted by molar-refractivity contribution is -0.384. The topological polar surface area (TPSA) is 80.1 Å². The van der Waals surface area contributed by atoms with Crippen LogP contribution in [0.3, 0.4) is 0 Å². The molecule has 0 atom stereocenters. The van der Waals surface area contributed by atoms with Gasteiger partial charge in [-0.25, -0.2) is 4.98 Å². The molecular formula is C12H12N4O2. The van der Waals surface area contributed by atoms with Crippen LogP contribution in [-0.4, -0.2) is 17.0 Å². The lowest BCUT2D eigenvalue weighted by Crippen LogP contribution is -2.00. The van der Waals surface area contributed by atoms with E-state index in [1.807, 2.05) is 30.3 Å². The third kappa shape index (κ3) is 2.73. The Bertz CT molecular complexity index is 557. The standard InChI is InChI=1S/C12H12N4O2/c1-13-11-7-10(16(17)18)8-12(15-11)14-9-5-3-2-4-6-9/h2-8H,1H3,(H2,13,14,15). The van der Waals surface area contributed by atoms with Crippen LogP contribution >= 0.6 is 0 Å². The van der Waals surface area contributed by atoms with E-state index in [1.165, 1.54) is 12.1 Å². The van der Waals surface area contributed by atoms with Crippen molar-refractivity contribution in [3.05, 3.63) is 52.6 Å². The Kier molecular flexibility index (Phi) is 3.38. The average Bonchev–Trinajstić information content (AvgIpc) is 2.39. The van der Waals surface area contributed by atoms with Gasteiger partial charge in [-0.3, -0.25) is 10.1 Å². The number of nitrogens with one attached hydrogen (secondary N) is 2. The Morgan fingerprint density at radius 2 is 1.83 bits per heavy atom. The first-order chi connectivity index (χ1) is 8.69. The van der Waals surface area contributed by atoms with Crippen molar-refractivity contribution in [2.45, 2.75) is 0 Å². The molecule has 0 saturated carbocycles. The highest BCUT2D eigenvalue weighted by molar-refractivity contribution is 5.61. The maximum atomic E-state index is 10.8. The first-order valence-electron chi connectivity index (χ1n) is 5.35. The molecule has 0 saturated heterocycles. The Morgan fingerprint density at radius 3 is 2.44 bits per heavy atom. The van der Waals surface area contributed by atoms with E-state index < -0.39 is 4.92 Å². The Balaban J connectivity index is 2.32. The van der Waals surface area contributed by atoms with E-state index in [1.54, 1.807) is 7.05 Å². The SMILES string of the molecule is CNc1cc([N+](=O)[O-])cc(Nc2ccccc2)n1. The molecule has 0 amide bonds. The summed E-state index contributed by atoms with van der Waals surface area (Å²) >= 11 is 0. The lowest BCUT2D eigenvalue weighted by atomic mass is 10.3. The molecule has 0 aliphatic heterocycles. The molecule has 1 aromatic heterocycles. The molecule has 6 nitrogen and oxygen atoms in total. The van der Waals surface area contributed by atoms with E-state index in [0.29, 0.717) is 11.6 Å². The molecule has 0 aliphatic rings. The third-order valence-corrected chi connectivity index (χ3v) is 2.32. The number of aromatic nitrogens is 1. The van der Waals surface area contributed by atoms with E-state index in [4.69, 9.17) is 0 Å². The fourth-order valence-corrected chi connectivity index (χ4v) is 1.48. The minimum atomic E-state index is -0.446. The Morgan fingerprint density at radius 1 is 1.17 bits per heavy atom. The van der Waals surface area contributed by atoms with Gasteiger partial charge >= 0.3 is 0 Å². The van der Waals surface area contributed by atoms with Crippen molar-refractivity contribution in [3.63, 3.8) is 0 Å². The molecule has 1 aromatic carbocycles. The van der Waals surface area contributed by atoms with Gasteiger partial charge in [0.25, 0.3) is 5.69 Å². The summed E-state index contributed by atoms with van der Waals surface area (Å²) in [4.78, 5) is 14.6. The molecule has 6 heteroatoms. The maximum absolute atomic E-state index is 10.8. The van der Waals surface area contributed by atoms with Gasteiger partial charge in [-0.2, -0.15) is 0 Å². The number of anilines is 3. The highest BCUT2D eigenvalue weighted by atomic mass is 16.6. The molecule has 0 unspecified atom stereocenters. The number of nitrogens with zero attached hydrogens (tertiary/aromatic N) is 2. The summed E-state index contributed by atoms with van der Waals surface area (Å²) in [6.45, 7) is 0. The first-order valence-corrected chi connectivity index (χ1v) is 5.35. The van der Waals surface area contributed by atoms with Crippen LogP contribution in [0.25, 0.3) is 0 Å².